The smallest absolute Gasteiger partial charge is 0.269 e. The van der Waals surface area contributed by atoms with Crippen LogP contribution in [0.1, 0.15) is 0 Å². The van der Waals surface area contributed by atoms with Crippen LogP contribution in [0, 0.1) is 20.2 Å². The Labute approximate surface area is 122 Å². The molecular formula is C12H10BrN3O4. The van der Waals surface area contributed by atoms with Crippen molar-refractivity contribution in [3.8, 4) is 0 Å². The number of nitro benzene ring substituents is 2. The fourth-order valence-corrected chi connectivity index (χ4v) is 1.46. The number of nitro groups is 2. The predicted octanol–water partition coefficient (Wildman–Crippen LogP) is 3.53. The maximum absolute atomic E-state index is 10.1. The summed E-state index contributed by atoms with van der Waals surface area (Å²) in [5.41, 5.74) is 5.95. The molecule has 0 aliphatic heterocycles. The lowest BCUT2D eigenvalue weighted by Crippen LogP contribution is -1.90. The molecule has 104 valence electrons. The van der Waals surface area contributed by atoms with E-state index in [0.29, 0.717) is 0 Å². The quantitative estimate of drug-likeness (QED) is 0.510. The van der Waals surface area contributed by atoms with Gasteiger partial charge in [-0.25, -0.2) is 0 Å². The summed E-state index contributed by atoms with van der Waals surface area (Å²) in [4.78, 5) is 19.0. The first-order chi connectivity index (χ1) is 9.41. The van der Waals surface area contributed by atoms with Crippen LogP contribution in [0.15, 0.2) is 53.0 Å². The summed E-state index contributed by atoms with van der Waals surface area (Å²) < 4.78 is 0.958. The highest BCUT2D eigenvalue weighted by Crippen LogP contribution is 2.17. The van der Waals surface area contributed by atoms with Gasteiger partial charge in [0.15, 0.2) is 0 Å². The van der Waals surface area contributed by atoms with Crippen molar-refractivity contribution in [3.05, 3.63) is 73.2 Å². The topological polar surface area (TPSA) is 112 Å². The molecule has 7 nitrogen and oxygen atoms in total. The molecule has 0 radical (unpaired) electrons. The molecule has 0 saturated carbocycles. The van der Waals surface area contributed by atoms with Crippen molar-refractivity contribution in [1.29, 1.82) is 0 Å². The largest absolute Gasteiger partial charge is 0.398 e. The van der Waals surface area contributed by atoms with Crippen LogP contribution in [0.5, 0.6) is 0 Å². The number of halogens is 1. The van der Waals surface area contributed by atoms with Crippen LogP contribution >= 0.6 is 15.9 Å². The highest BCUT2D eigenvalue weighted by molar-refractivity contribution is 9.10. The molecule has 2 aromatic rings. The van der Waals surface area contributed by atoms with Crippen molar-refractivity contribution in [2.24, 2.45) is 0 Å². The zero-order valence-corrected chi connectivity index (χ0v) is 11.7. The average Bonchev–Trinajstić information content (AvgIpc) is 2.43. The monoisotopic (exact) mass is 339 g/mol. The van der Waals surface area contributed by atoms with E-state index in [1.807, 2.05) is 24.3 Å². The second-order valence-electron chi connectivity index (χ2n) is 3.55. The summed E-state index contributed by atoms with van der Waals surface area (Å²) in [5.74, 6) is 0. The number of nitrogens with two attached hydrogens (primary N) is 1. The van der Waals surface area contributed by atoms with Crippen molar-refractivity contribution in [3.63, 3.8) is 0 Å². The summed E-state index contributed by atoms with van der Waals surface area (Å²) in [6.07, 6.45) is 0. The molecule has 0 aliphatic rings. The van der Waals surface area contributed by atoms with Gasteiger partial charge < -0.3 is 5.73 Å². The fourth-order valence-electron chi connectivity index (χ4n) is 1.17. The van der Waals surface area contributed by atoms with Gasteiger partial charge in [-0.2, -0.15) is 0 Å². The van der Waals surface area contributed by atoms with E-state index in [1.165, 1.54) is 0 Å². The van der Waals surface area contributed by atoms with E-state index in [1.54, 1.807) is 0 Å². The molecule has 2 rings (SSSR count). The summed E-state index contributed by atoms with van der Waals surface area (Å²) in [6.45, 7) is 0. The predicted molar refractivity (Wildman–Crippen MR) is 78.3 cm³/mol. The summed E-state index contributed by atoms with van der Waals surface area (Å²) in [7, 11) is 0. The third kappa shape index (κ3) is 4.65. The molecule has 0 unspecified atom stereocenters. The maximum Gasteiger partial charge on any atom is 0.269 e. The molecule has 0 saturated heterocycles. The Morgan fingerprint density at radius 1 is 0.850 bits per heavy atom. The van der Waals surface area contributed by atoms with Crippen LogP contribution in [0.25, 0.3) is 0 Å². The van der Waals surface area contributed by atoms with Gasteiger partial charge >= 0.3 is 0 Å². The van der Waals surface area contributed by atoms with E-state index >= 15 is 0 Å². The zero-order chi connectivity index (χ0) is 15.1. The van der Waals surface area contributed by atoms with Crippen molar-refractivity contribution < 1.29 is 9.85 Å². The van der Waals surface area contributed by atoms with Gasteiger partial charge in [-0.1, -0.05) is 12.1 Å². The summed E-state index contributed by atoms with van der Waals surface area (Å²) >= 11 is 3.27. The Balaban J connectivity index is 0.000000217. The van der Waals surface area contributed by atoms with E-state index in [-0.39, 0.29) is 11.4 Å². The molecule has 0 aromatic heterocycles. The van der Waals surface area contributed by atoms with E-state index in [4.69, 9.17) is 5.73 Å². The minimum absolute atomic E-state index is 0.152. The lowest BCUT2D eigenvalue weighted by atomic mass is 10.3. The number of non-ortho nitro benzene ring substituents is 2. The molecule has 0 spiro atoms. The first kappa shape index (κ1) is 15.6. The third-order valence-electron chi connectivity index (χ3n) is 2.18. The maximum atomic E-state index is 10.1. The van der Waals surface area contributed by atoms with Gasteiger partial charge in [0.2, 0.25) is 0 Å². The number of hydrogen-bond acceptors (Lipinski definition) is 5. The number of benzene rings is 2. The number of para-hydroxylation sites is 1. The van der Waals surface area contributed by atoms with Crippen LogP contribution < -0.4 is 5.73 Å². The number of anilines is 1. The minimum atomic E-state index is -0.607. The van der Waals surface area contributed by atoms with Gasteiger partial charge in [-0.15, -0.1) is 0 Å². The molecule has 20 heavy (non-hydrogen) atoms. The van der Waals surface area contributed by atoms with Crippen molar-refractivity contribution >= 4 is 33.0 Å². The SMILES string of the molecule is Nc1ccccc1Br.O=[N+]([O-])c1ccc([N+](=O)[O-])cc1. The Morgan fingerprint density at radius 3 is 1.50 bits per heavy atom. The minimum Gasteiger partial charge on any atom is -0.398 e. The van der Waals surface area contributed by atoms with Crippen LogP contribution in [0.3, 0.4) is 0 Å². The zero-order valence-electron chi connectivity index (χ0n) is 10.1. The van der Waals surface area contributed by atoms with E-state index < -0.39 is 9.85 Å². The van der Waals surface area contributed by atoms with E-state index in [9.17, 15) is 20.2 Å². The molecule has 8 heteroatoms. The van der Waals surface area contributed by atoms with Crippen molar-refractivity contribution in [2.45, 2.75) is 0 Å². The Hall–Kier alpha value is -2.48. The summed E-state index contributed by atoms with van der Waals surface area (Å²) in [5, 5.41) is 20.2. The van der Waals surface area contributed by atoms with Gasteiger partial charge in [0, 0.05) is 34.4 Å². The first-order valence-corrected chi connectivity index (χ1v) is 6.10. The number of nitrogen functional groups attached to an aromatic ring is 1. The molecule has 0 atom stereocenters. The summed E-state index contributed by atoms with van der Waals surface area (Å²) in [6, 6.07) is 12.0. The van der Waals surface area contributed by atoms with Crippen LogP contribution in [-0.4, -0.2) is 9.85 Å². The van der Waals surface area contributed by atoms with Gasteiger partial charge in [-0.3, -0.25) is 20.2 Å². The lowest BCUT2D eigenvalue weighted by Gasteiger charge is -1.91. The van der Waals surface area contributed by atoms with E-state index in [0.717, 1.165) is 34.4 Å². The Morgan fingerprint density at radius 2 is 1.25 bits per heavy atom. The highest BCUT2D eigenvalue weighted by Gasteiger charge is 2.08. The first-order valence-electron chi connectivity index (χ1n) is 5.30. The number of rotatable bonds is 2. The second kappa shape index (κ2) is 7.19. The number of hydrogen-bond donors (Lipinski definition) is 1. The van der Waals surface area contributed by atoms with Gasteiger partial charge in [0.25, 0.3) is 11.4 Å². The van der Waals surface area contributed by atoms with Crippen LogP contribution in [0.2, 0.25) is 0 Å². The molecule has 0 heterocycles. The Bertz CT molecular complexity index is 562. The third-order valence-corrected chi connectivity index (χ3v) is 2.90. The average molecular weight is 340 g/mol. The molecule has 0 bridgehead atoms. The molecule has 0 aliphatic carbocycles. The van der Waals surface area contributed by atoms with Gasteiger partial charge in [0.1, 0.15) is 0 Å². The standard InChI is InChI=1S/C6H6BrN.C6H4N2O4/c7-5-3-1-2-4-6(5)8;9-7(10)5-1-2-6(4-3-5)8(11)12/h1-4H,8H2;1-4H. The number of nitrogens with zero attached hydrogens (tertiary/aromatic N) is 2. The van der Waals surface area contributed by atoms with Crippen LogP contribution in [0.4, 0.5) is 17.1 Å². The highest BCUT2D eigenvalue weighted by atomic mass is 79.9. The molecule has 0 fully saturated rings. The van der Waals surface area contributed by atoms with Crippen LogP contribution in [-0.2, 0) is 0 Å². The lowest BCUT2D eigenvalue weighted by molar-refractivity contribution is -0.389. The van der Waals surface area contributed by atoms with Crippen molar-refractivity contribution in [2.75, 3.05) is 5.73 Å². The van der Waals surface area contributed by atoms with Gasteiger partial charge in [-0.05, 0) is 28.1 Å². The Kier molecular flexibility index (Phi) is 5.60. The normalized spacial score (nSPS) is 9.25. The van der Waals surface area contributed by atoms with E-state index in [2.05, 4.69) is 15.9 Å². The molecule has 2 N–H and O–H groups in total. The molecule has 0 amide bonds. The second-order valence-corrected chi connectivity index (χ2v) is 4.41. The van der Waals surface area contributed by atoms with Gasteiger partial charge in [0.05, 0.1) is 9.85 Å². The fraction of sp³-hybridized carbons (Fsp3) is 0. The molecular weight excluding hydrogens is 330 g/mol. The molecule has 2 aromatic carbocycles. The van der Waals surface area contributed by atoms with Crippen molar-refractivity contribution in [1.82, 2.24) is 0 Å².